The molecule has 1 atom stereocenters. The summed E-state index contributed by atoms with van der Waals surface area (Å²) in [7, 11) is -3.66. The summed E-state index contributed by atoms with van der Waals surface area (Å²) in [5, 5.41) is 0. The molecule has 2 rings (SSSR count). The molecule has 1 amide bonds. The van der Waals surface area contributed by atoms with Crippen molar-refractivity contribution in [3.8, 4) is 0 Å². The van der Waals surface area contributed by atoms with Gasteiger partial charge in [0.15, 0.2) is 0 Å². The third-order valence-corrected chi connectivity index (χ3v) is 5.40. The Kier molecular flexibility index (Phi) is 4.16. The summed E-state index contributed by atoms with van der Waals surface area (Å²) in [6.45, 7) is 2.22. The van der Waals surface area contributed by atoms with Crippen LogP contribution in [0.25, 0.3) is 0 Å². The van der Waals surface area contributed by atoms with Crippen molar-refractivity contribution in [2.45, 2.75) is 24.7 Å². The number of nitrogens with zero attached hydrogens (tertiary/aromatic N) is 1. The van der Waals surface area contributed by atoms with Gasteiger partial charge in [-0.1, -0.05) is 19.1 Å². The molecule has 0 saturated carbocycles. The third kappa shape index (κ3) is 2.62. The maximum absolute atomic E-state index is 12.2. The van der Waals surface area contributed by atoms with Crippen molar-refractivity contribution in [3.05, 3.63) is 29.8 Å². The quantitative estimate of drug-likeness (QED) is 0.785. The summed E-state index contributed by atoms with van der Waals surface area (Å²) >= 11 is 5.65. The zero-order valence-corrected chi connectivity index (χ0v) is 12.2. The van der Waals surface area contributed by atoms with Gasteiger partial charge in [-0.3, -0.25) is 4.79 Å². The fourth-order valence-electron chi connectivity index (χ4n) is 2.12. The molecular weight excluding hydrogens is 286 g/mol. The van der Waals surface area contributed by atoms with Crippen LogP contribution in [-0.4, -0.2) is 31.1 Å². The topological polar surface area (TPSA) is 54.5 Å². The lowest BCUT2D eigenvalue weighted by Gasteiger charge is -2.17. The van der Waals surface area contributed by atoms with Crippen LogP contribution in [0.3, 0.4) is 0 Å². The summed E-state index contributed by atoms with van der Waals surface area (Å²) in [6.07, 6.45) is 1.45. The van der Waals surface area contributed by atoms with Crippen molar-refractivity contribution in [2.24, 2.45) is 5.92 Å². The number of fused-ring (bicyclic) bond motifs is 1. The summed E-state index contributed by atoms with van der Waals surface area (Å²) in [6, 6.07) is 6.33. The lowest BCUT2D eigenvalue weighted by Crippen LogP contribution is -2.31. The molecule has 1 aliphatic heterocycles. The molecule has 1 unspecified atom stereocenters. The van der Waals surface area contributed by atoms with E-state index in [0.29, 0.717) is 18.2 Å². The van der Waals surface area contributed by atoms with Crippen LogP contribution in [0.4, 0.5) is 0 Å². The molecule has 0 saturated heterocycles. The van der Waals surface area contributed by atoms with Crippen LogP contribution in [0.1, 0.15) is 30.1 Å². The van der Waals surface area contributed by atoms with E-state index in [9.17, 15) is 13.2 Å². The second-order valence-corrected chi connectivity index (χ2v) is 6.96. The first-order valence-electron chi connectivity index (χ1n) is 6.20. The van der Waals surface area contributed by atoms with Gasteiger partial charge in [-0.2, -0.15) is 0 Å². The van der Waals surface area contributed by atoms with Gasteiger partial charge in [0.25, 0.3) is 15.9 Å². The number of rotatable bonds is 5. The minimum absolute atomic E-state index is 0.116. The van der Waals surface area contributed by atoms with E-state index in [-0.39, 0.29) is 17.0 Å². The monoisotopic (exact) mass is 301 g/mol. The van der Waals surface area contributed by atoms with Gasteiger partial charge in [0.2, 0.25) is 0 Å². The van der Waals surface area contributed by atoms with E-state index in [2.05, 4.69) is 0 Å². The second kappa shape index (κ2) is 5.51. The molecule has 6 heteroatoms. The van der Waals surface area contributed by atoms with Crippen molar-refractivity contribution in [3.63, 3.8) is 0 Å². The normalized spacial score (nSPS) is 18.4. The highest BCUT2D eigenvalue weighted by atomic mass is 35.5. The summed E-state index contributed by atoms with van der Waals surface area (Å²) in [4.78, 5) is 12.2. The van der Waals surface area contributed by atoms with Gasteiger partial charge in [0, 0.05) is 12.4 Å². The molecule has 19 heavy (non-hydrogen) atoms. The van der Waals surface area contributed by atoms with Gasteiger partial charge in [-0.05, 0) is 30.9 Å². The van der Waals surface area contributed by atoms with Gasteiger partial charge >= 0.3 is 0 Å². The maximum Gasteiger partial charge on any atom is 0.269 e. The number of carbonyl (C=O) groups excluding carboxylic acids is 1. The Bertz CT molecular complexity index is 585. The van der Waals surface area contributed by atoms with Crippen LogP contribution in [0, 0.1) is 5.92 Å². The summed E-state index contributed by atoms with van der Waals surface area (Å²) in [5.74, 6) is 0.417. The molecule has 1 aliphatic rings. The number of sulfonamides is 1. The molecule has 0 radical (unpaired) electrons. The molecule has 0 spiro atoms. The molecule has 0 aromatic heterocycles. The van der Waals surface area contributed by atoms with Gasteiger partial charge in [-0.25, -0.2) is 12.7 Å². The smallest absolute Gasteiger partial charge is 0.268 e. The third-order valence-electron chi connectivity index (χ3n) is 3.34. The minimum atomic E-state index is -3.66. The standard InChI is InChI=1S/C13H16ClNO3S/c1-10(6-8-14)7-9-15-13(16)11-4-2-3-5-12(11)19(15,17)18/h2-5,10H,6-9H2,1H3. The van der Waals surface area contributed by atoms with E-state index in [1.807, 2.05) is 6.92 Å². The Balaban J connectivity index is 2.19. The fourth-order valence-corrected chi connectivity index (χ4v) is 4.08. The molecule has 1 heterocycles. The van der Waals surface area contributed by atoms with Crippen LogP contribution in [0.5, 0.6) is 0 Å². The number of benzene rings is 1. The molecule has 104 valence electrons. The van der Waals surface area contributed by atoms with Crippen molar-refractivity contribution in [2.75, 3.05) is 12.4 Å². The molecule has 0 bridgehead atoms. The SMILES string of the molecule is CC(CCCl)CCN1C(=O)c2ccccc2S1(=O)=O. The lowest BCUT2D eigenvalue weighted by molar-refractivity contribution is 0.0866. The first kappa shape index (κ1) is 14.3. The van der Waals surface area contributed by atoms with E-state index in [0.717, 1.165) is 10.7 Å². The number of amides is 1. The minimum Gasteiger partial charge on any atom is -0.268 e. The lowest BCUT2D eigenvalue weighted by atomic mass is 10.1. The molecule has 0 fully saturated rings. The van der Waals surface area contributed by atoms with Gasteiger partial charge in [0.05, 0.1) is 5.56 Å². The van der Waals surface area contributed by atoms with Crippen molar-refractivity contribution in [1.82, 2.24) is 4.31 Å². The number of carbonyl (C=O) groups is 1. The van der Waals surface area contributed by atoms with E-state index in [1.54, 1.807) is 18.2 Å². The van der Waals surface area contributed by atoms with E-state index < -0.39 is 15.9 Å². The summed E-state index contributed by atoms with van der Waals surface area (Å²) in [5.41, 5.74) is 0.271. The van der Waals surface area contributed by atoms with E-state index in [4.69, 9.17) is 11.6 Å². The van der Waals surface area contributed by atoms with Crippen LogP contribution in [0.2, 0.25) is 0 Å². The Labute approximate surface area is 118 Å². The van der Waals surface area contributed by atoms with E-state index in [1.165, 1.54) is 6.07 Å². The van der Waals surface area contributed by atoms with E-state index >= 15 is 0 Å². The first-order valence-corrected chi connectivity index (χ1v) is 8.18. The maximum atomic E-state index is 12.2. The molecule has 1 aromatic carbocycles. The number of halogens is 1. The van der Waals surface area contributed by atoms with Gasteiger partial charge < -0.3 is 0 Å². The van der Waals surface area contributed by atoms with Crippen molar-refractivity contribution in [1.29, 1.82) is 0 Å². The predicted molar refractivity (Wildman–Crippen MR) is 73.8 cm³/mol. The molecule has 0 aliphatic carbocycles. The Hall–Kier alpha value is -1.07. The molecular formula is C13H16ClNO3S. The van der Waals surface area contributed by atoms with Crippen molar-refractivity contribution >= 4 is 27.5 Å². The number of hydrogen-bond acceptors (Lipinski definition) is 3. The van der Waals surface area contributed by atoms with Crippen LogP contribution in [-0.2, 0) is 10.0 Å². The highest BCUT2D eigenvalue weighted by molar-refractivity contribution is 7.90. The van der Waals surface area contributed by atoms with Crippen LogP contribution in [0.15, 0.2) is 29.2 Å². The molecule has 4 nitrogen and oxygen atoms in total. The second-order valence-electron chi connectivity index (χ2n) is 4.75. The van der Waals surface area contributed by atoms with Gasteiger partial charge in [-0.15, -0.1) is 11.6 Å². The Morgan fingerprint density at radius 2 is 1.95 bits per heavy atom. The predicted octanol–water partition coefficient (Wildman–Crippen LogP) is 2.49. The Morgan fingerprint density at radius 3 is 2.58 bits per heavy atom. The average molecular weight is 302 g/mol. The highest BCUT2D eigenvalue weighted by Crippen LogP contribution is 2.30. The van der Waals surface area contributed by atoms with Gasteiger partial charge in [0.1, 0.15) is 4.90 Å². The van der Waals surface area contributed by atoms with Crippen molar-refractivity contribution < 1.29 is 13.2 Å². The number of alkyl halides is 1. The summed E-state index contributed by atoms with van der Waals surface area (Å²) < 4.78 is 25.5. The Morgan fingerprint density at radius 1 is 1.26 bits per heavy atom. The zero-order valence-electron chi connectivity index (χ0n) is 10.7. The van der Waals surface area contributed by atoms with Crippen LogP contribution < -0.4 is 0 Å². The largest absolute Gasteiger partial charge is 0.269 e. The average Bonchev–Trinajstić information content (AvgIpc) is 2.57. The molecule has 1 aromatic rings. The first-order chi connectivity index (χ1) is 8.98. The highest BCUT2D eigenvalue weighted by Gasteiger charge is 2.40. The molecule has 0 N–H and O–H groups in total. The zero-order chi connectivity index (χ0) is 14.0. The van der Waals surface area contributed by atoms with Crippen LogP contribution >= 0.6 is 11.6 Å². The fraction of sp³-hybridized carbons (Fsp3) is 0.462. The number of hydrogen-bond donors (Lipinski definition) is 0.